The minimum Gasteiger partial charge on any atom is -0.494 e. The first-order valence-electron chi connectivity index (χ1n) is 6.85. The Morgan fingerprint density at radius 2 is 1.95 bits per heavy atom. The highest BCUT2D eigenvalue weighted by atomic mass is 16.5. The van der Waals surface area contributed by atoms with Crippen LogP contribution in [0.1, 0.15) is 18.9 Å². The average molecular weight is 267 g/mol. The molecule has 0 aliphatic rings. The van der Waals surface area contributed by atoms with Gasteiger partial charge in [-0.1, -0.05) is 19.1 Å². The molecular formula is C15H25NO3. The number of hydrogen-bond donors (Lipinski definition) is 2. The van der Waals surface area contributed by atoms with E-state index in [0.29, 0.717) is 6.61 Å². The summed E-state index contributed by atoms with van der Waals surface area (Å²) in [5.41, 5.74) is 1.25. The van der Waals surface area contributed by atoms with Crippen molar-refractivity contribution in [3.8, 4) is 5.75 Å². The summed E-state index contributed by atoms with van der Waals surface area (Å²) in [6.07, 6.45) is 1.72. The molecule has 1 unspecified atom stereocenters. The van der Waals surface area contributed by atoms with Gasteiger partial charge in [-0.15, -0.1) is 0 Å². The smallest absolute Gasteiger partial charge is 0.119 e. The van der Waals surface area contributed by atoms with E-state index in [9.17, 15) is 0 Å². The fraction of sp³-hybridized carbons (Fsp3) is 0.600. The first-order chi connectivity index (χ1) is 9.30. The number of benzene rings is 1. The van der Waals surface area contributed by atoms with Crippen molar-refractivity contribution in [2.45, 2.75) is 25.8 Å². The molecule has 0 aromatic heterocycles. The molecule has 4 nitrogen and oxygen atoms in total. The lowest BCUT2D eigenvalue weighted by molar-refractivity contribution is 0.202. The Balaban J connectivity index is 2.29. The Labute approximate surface area is 115 Å². The number of hydrogen-bond acceptors (Lipinski definition) is 4. The lowest BCUT2D eigenvalue weighted by Gasteiger charge is -2.15. The third-order valence-corrected chi connectivity index (χ3v) is 2.97. The minimum absolute atomic E-state index is 0.117. The highest BCUT2D eigenvalue weighted by Gasteiger charge is 2.05. The van der Waals surface area contributed by atoms with Crippen LogP contribution in [0, 0.1) is 0 Å². The molecule has 0 aliphatic heterocycles. The minimum atomic E-state index is 0.117. The average Bonchev–Trinajstić information content (AvgIpc) is 2.45. The monoisotopic (exact) mass is 267 g/mol. The normalized spacial score (nSPS) is 12.4. The Kier molecular flexibility index (Phi) is 8.21. The number of methoxy groups -OCH3 is 1. The Hall–Kier alpha value is -1.10. The number of rotatable bonds is 10. The summed E-state index contributed by atoms with van der Waals surface area (Å²) < 4.78 is 10.7. The molecule has 1 aromatic rings. The molecule has 0 spiro atoms. The van der Waals surface area contributed by atoms with E-state index in [1.54, 1.807) is 7.11 Å². The van der Waals surface area contributed by atoms with Crippen LogP contribution in [-0.2, 0) is 11.2 Å². The molecule has 0 aliphatic carbocycles. The van der Waals surface area contributed by atoms with E-state index >= 15 is 0 Å². The first-order valence-corrected chi connectivity index (χ1v) is 6.85. The van der Waals surface area contributed by atoms with Gasteiger partial charge in [-0.05, 0) is 37.1 Å². The van der Waals surface area contributed by atoms with Crippen LogP contribution in [0.3, 0.4) is 0 Å². The standard InChI is InChI=1S/C15H25NO3/c1-3-16-14(12-17)9-11-19-15-6-4-13(5-7-15)8-10-18-2/h4-7,14,16-17H,3,8-12H2,1-2H3. The number of ether oxygens (including phenoxy) is 2. The zero-order valence-electron chi connectivity index (χ0n) is 11.9. The number of nitrogens with one attached hydrogen (secondary N) is 1. The zero-order valence-corrected chi connectivity index (χ0v) is 11.9. The van der Waals surface area contributed by atoms with Crippen molar-refractivity contribution in [1.29, 1.82) is 0 Å². The summed E-state index contributed by atoms with van der Waals surface area (Å²) in [6, 6.07) is 8.19. The lowest BCUT2D eigenvalue weighted by Crippen LogP contribution is -2.33. The second-order valence-corrected chi connectivity index (χ2v) is 4.46. The van der Waals surface area contributed by atoms with Gasteiger partial charge < -0.3 is 19.9 Å². The van der Waals surface area contributed by atoms with E-state index in [2.05, 4.69) is 17.4 Å². The maximum atomic E-state index is 9.14. The molecule has 1 rings (SSSR count). The van der Waals surface area contributed by atoms with Gasteiger partial charge >= 0.3 is 0 Å². The number of aliphatic hydroxyl groups excluding tert-OH is 1. The largest absolute Gasteiger partial charge is 0.494 e. The van der Waals surface area contributed by atoms with E-state index in [4.69, 9.17) is 14.6 Å². The van der Waals surface area contributed by atoms with Gasteiger partial charge in [0.05, 0.1) is 19.8 Å². The van der Waals surface area contributed by atoms with Crippen molar-refractivity contribution in [3.63, 3.8) is 0 Å². The first kappa shape index (κ1) is 16.0. The third kappa shape index (κ3) is 6.57. The third-order valence-electron chi connectivity index (χ3n) is 2.97. The van der Waals surface area contributed by atoms with Gasteiger partial charge in [0, 0.05) is 13.2 Å². The molecule has 0 amide bonds. The highest BCUT2D eigenvalue weighted by molar-refractivity contribution is 5.27. The molecule has 19 heavy (non-hydrogen) atoms. The molecule has 4 heteroatoms. The quantitative estimate of drug-likeness (QED) is 0.676. The SMILES string of the molecule is CCNC(CO)CCOc1ccc(CCOC)cc1. The van der Waals surface area contributed by atoms with E-state index in [0.717, 1.165) is 31.7 Å². The fourth-order valence-electron chi connectivity index (χ4n) is 1.84. The van der Waals surface area contributed by atoms with Gasteiger partial charge in [0.25, 0.3) is 0 Å². The van der Waals surface area contributed by atoms with Crippen molar-refractivity contribution < 1.29 is 14.6 Å². The van der Waals surface area contributed by atoms with Crippen LogP contribution < -0.4 is 10.1 Å². The highest BCUT2D eigenvalue weighted by Crippen LogP contribution is 2.13. The topological polar surface area (TPSA) is 50.7 Å². The van der Waals surface area contributed by atoms with Gasteiger partial charge in [-0.2, -0.15) is 0 Å². The maximum absolute atomic E-state index is 9.14. The van der Waals surface area contributed by atoms with Gasteiger partial charge in [0.1, 0.15) is 5.75 Å². The van der Waals surface area contributed by atoms with Crippen molar-refractivity contribution >= 4 is 0 Å². The van der Waals surface area contributed by atoms with Crippen molar-refractivity contribution in [3.05, 3.63) is 29.8 Å². The van der Waals surface area contributed by atoms with E-state index in [1.165, 1.54) is 5.56 Å². The van der Waals surface area contributed by atoms with Gasteiger partial charge in [0.15, 0.2) is 0 Å². The zero-order chi connectivity index (χ0) is 13.9. The Morgan fingerprint density at radius 3 is 2.53 bits per heavy atom. The van der Waals surface area contributed by atoms with Crippen LogP contribution in [0.5, 0.6) is 5.75 Å². The molecule has 108 valence electrons. The van der Waals surface area contributed by atoms with Crippen molar-refractivity contribution in [2.24, 2.45) is 0 Å². The van der Waals surface area contributed by atoms with Crippen LogP contribution in [0.4, 0.5) is 0 Å². The second-order valence-electron chi connectivity index (χ2n) is 4.46. The molecule has 0 radical (unpaired) electrons. The molecular weight excluding hydrogens is 242 g/mol. The second kappa shape index (κ2) is 9.78. The van der Waals surface area contributed by atoms with Crippen LogP contribution in [0.15, 0.2) is 24.3 Å². The molecule has 2 N–H and O–H groups in total. The molecule has 1 aromatic carbocycles. The number of likely N-dealkylation sites (N-methyl/N-ethyl adjacent to an activating group) is 1. The number of aliphatic hydroxyl groups is 1. The van der Waals surface area contributed by atoms with E-state index < -0.39 is 0 Å². The van der Waals surface area contributed by atoms with Crippen LogP contribution in [0.25, 0.3) is 0 Å². The van der Waals surface area contributed by atoms with Crippen LogP contribution >= 0.6 is 0 Å². The van der Waals surface area contributed by atoms with Gasteiger partial charge in [0.2, 0.25) is 0 Å². The molecule has 0 heterocycles. The summed E-state index contributed by atoms with van der Waals surface area (Å²) in [5.74, 6) is 0.870. The van der Waals surface area contributed by atoms with E-state index in [1.807, 2.05) is 19.1 Å². The summed E-state index contributed by atoms with van der Waals surface area (Å²) in [6.45, 7) is 4.38. The van der Waals surface area contributed by atoms with Gasteiger partial charge in [-0.3, -0.25) is 0 Å². The molecule has 0 fully saturated rings. The van der Waals surface area contributed by atoms with Crippen molar-refractivity contribution in [2.75, 3.05) is 33.5 Å². The van der Waals surface area contributed by atoms with Crippen molar-refractivity contribution in [1.82, 2.24) is 5.32 Å². The summed E-state index contributed by atoms with van der Waals surface area (Å²) in [5, 5.41) is 12.4. The summed E-state index contributed by atoms with van der Waals surface area (Å²) >= 11 is 0. The van der Waals surface area contributed by atoms with Gasteiger partial charge in [-0.25, -0.2) is 0 Å². The Morgan fingerprint density at radius 1 is 1.21 bits per heavy atom. The molecule has 0 saturated carbocycles. The maximum Gasteiger partial charge on any atom is 0.119 e. The molecule has 0 saturated heterocycles. The molecule has 0 bridgehead atoms. The Bertz CT molecular complexity index is 327. The fourth-order valence-corrected chi connectivity index (χ4v) is 1.84. The summed E-state index contributed by atoms with van der Waals surface area (Å²) in [7, 11) is 1.71. The van der Waals surface area contributed by atoms with Crippen LogP contribution in [-0.4, -0.2) is 44.6 Å². The van der Waals surface area contributed by atoms with E-state index in [-0.39, 0.29) is 12.6 Å². The predicted octanol–water partition coefficient (Wildman–Crippen LogP) is 1.61. The lowest BCUT2D eigenvalue weighted by atomic mass is 10.1. The summed E-state index contributed by atoms with van der Waals surface area (Å²) in [4.78, 5) is 0. The molecule has 1 atom stereocenters. The predicted molar refractivity (Wildman–Crippen MR) is 76.7 cm³/mol. The van der Waals surface area contributed by atoms with Crippen LogP contribution in [0.2, 0.25) is 0 Å².